The lowest BCUT2D eigenvalue weighted by atomic mass is 9.47. The number of hydrogen-bond acceptors (Lipinski definition) is 3. The summed E-state index contributed by atoms with van der Waals surface area (Å²) in [4.78, 5) is 0. The molecule has 0 aromatic heterocycles. The summed E-state index contributed by atoms with van der Waals surface area (Å²) in [7, 11) is 1.75. The minimum absolute atomic E-state index is 0.000874. The predicted octanol–water partition coefficient (Wildman–Crippen LogP) is 3.73. The highest BCUT2D eigenvalue weighted by atomic mass is 32.1. The average molecular weight is 374 g/mol. The smallest absolute Gasteiger partial charge is 0.178 e. The van der Waals surface area contributed by atoms with Crippen molar-refractivity contribution in [2.45, 2.75) is 57.9 Å². The molecule has 1 aromatic carbocycles. The second-order valence-corrected chi connectivity index (χ2v) is 9.14. The second-order valence-electron chi connectivity index (χ2n) is 8.70. The van der Waals surface area contributed by atoms with E-state index in [2.05, 4.69) is 42.5 Å². The van der Waals surface area contributed by atoms with Crippen LogP contribution in [0, 0.1) is 17.3 Å². The Labute approximate surface area is 162 Å². The van der Waals surface area contributed by atoms with Crippen molar-refractivity contribution in [3.63, 3.8) is 0 Å². The Morgan fingerprint density at radius 2 is 2.23 bits per heavy atom. The van der Waals surface area contributed by atoms with E-state index in [9.17, 15) is 0 Å². The fourth-order valence-corrected chi connectivity index (χ4v) is 6.50. The molecule has 3 fully saturated rings. The third kappa shape index (κ3) is 2.47. The highest BCUT2D eigenvalue weighted by molar-refractivity contribution is 7.80. The average Bonchev–Trinajstić information content (AvgIpc) is 2.62. The molecule has 1 saturated carbocycles. The molecule has 2 heterocycles. The van der Waals surface area contributed by atoms with Gasteiger partial charge < -0.3 is 10.5 Å². The molecule has 1 aromatic rings. The van der Waals surface area contributed by atoms with Gasteiger partial charge in [0.05, 0.1) is 12.6 Å². The molecule has 0 unspecified atom stereocenters. The van der Waals surface area contributed by atoms with E-state index in [-0.39, 0.29) is 5.54 Å². The molecule has 5 heteroatoms. The van der Waals surface area contributed by atoms with Crippen LogP contribution in [0.15, 0.2) is 18.2 Å². The molecular weight excluding hydrogens is 342 g/mol. The first-order chi connectivity index (χ1) is 12.4. The number of piperidine rings is 2. The molecule has 1 spiro atoms. The largest absolute Gasteiger partial charge is 0.497 e. The first-order valence-corrected chi connectivity index (χ1v) is 10.4. The summed E-state index contributed by atoms with van der Waals surface area (Å²) < 4.78 is 5.49. The molecule has 4 nitrogen and oxygen atoms in total. The highest BCUT2D eigenvalue weighted by Gasteiger charge is 2.63. The normalized spacial score (nSPS) is 35.5. The maximum atomic E-state index is 5.93. The van der Waals surface area contributed by atoms with Crippen molar-refractivity contribution in [1.29, 1.82) is 0 Å². The van der Waals surface area contributed by atoms with Crippen LogP contribution in [0.2, 0.25) is 0 Å². The van der Waals surface area contributed by atoms with Crippen LogP contribution >= 0.6 is 12.2 Å². The van der Waals surface area contributed by atoms with Crippen LogP contribution in [0.4, 0.5) is 0 Å². The predicted molar refractivity (Wildman–Crippen MR) is 109 cm³/mol. The summed E-state index contributed by atoms with van der Waals surface area (Å²) in [6, 6.07) is 6.65. The zero-order valence-electron chi connectivity index (χ0n) is 16.2. The lowest BCUT2D eigenvalue weighted by molar-refractivity contribution is -0.189. The van der Waals surface area contributed by atoms with Crippen LogP contribution in [0.5, 0.6) is 5.75 Å². The number of hydrazine groups is 1. The summed E-state index contributed by atoms with van der Waals surface area (Å²) in [5.74, 6) is 2.37. The van der Waals surface area contributed by atoms with Gasteiger partial charge in [-0.15, -0.1) is 0 Å². The maximum Gasteiger partial charge on any atom is 0.178 e. The van der Waals surface area contributed by atoms with E-state index >= 15 is 0 Å². The van der Waals surface area contributed by atoms with Crippen LogP contribution in [-0.4, -0.2) is 23.8 Å². The van der Waals surface area contributed by atoms with Crippen molar-refractivity contribution >= 4 is 17.3 Å². The topological polar surface area (TPSA) is 50.5 Å². The molecule has 3 N–H and O–H groups in total. The second kappa shape index (κ2) is 6.38. The number of nitrogens with one attached hydrogen (secondary N) is 1. The number of nitrogens with zero attached hydrogens (tertiary/aromatic N) is 1. The maximum absolute atomic E-state index is 5.93. The van der Waals surface area contributed by atoms with Gasteiger partial charge in [0.1, 0.15) is 5.75 Å². The van der Waals surface area contributed by atoms with E-state index in [0.717, 1.165) is 24.6 Å². The molecule has 4 aliphatic rings. The zero-order valence-corrected chi connectivity index (χ0v) is 17.0. The Hall–Kier alpha value is -1.33. The van der Waals surface area contributed by atoms with Crippen molar-refractivity contribution in [3.05, 3.63) is 29.3 Å². The third-order valence-corrected chi connectivity index (χ3v) is 7.51. The van der Waals surface area contributed by atoms with E-state index in [1.54, 1.807) is 7.11 Å². The summed E-state index contributed by atoms with van der Waals surface area (Å²) in [6.45, 7) is 5.82. The number of nitrogens with two attached hydrogens (primary N) is 1. The molecule has 2 bridgehead atoms. The molecule has 5 rings (SSSR count). The highest BCUT2D eigenvalue weighted by Crippen LogP contribution is 2.64. The molecule has 0 radical (unpaired) electrons. The minimum atomic E-state index is 0.000874. The number of aryl methyl sites for hydroxylation is 1. The van der Waals surface area contributed by atoms with Gasteiger partial charge in [-0.1, -0.05) is 26.3 Å². The fourth-order valence-electron chi connectivity index (χ4n) is 6.39. The number of benzene rings is 1. The van der Waals surface area contributed by atoms with Crippen molar-refractivity contribution in [3.8, 4) is 5.75 Å². The van der Waals surface area contributed by atoms with Crippen LogP contribution in [0.25, 0.3) is 0 Å². The minimum Gasteiger partial charge on any atom is -0.497 e. The molecule has 0 amide bonds. The van der Waals surface area contributed by atoms with Gasteiger partial charge in [-0.05, 0) is 84.8 Å². The lowest BCUT2D eigenvalue weighted by Gasteiger charge is -2.68. The van der Waals surface area contributed by atoms with Crippen LogP contribution in [0.1, 0.15) is 57.1 Å². The van der Waals surface area contributed by atoms with Crippen LogP contribution in [-0.2, 0) is 12.0 Å². The Bertz CT molecular complexity index is 723. The van der Waals surface area contributed by atoms with Crippen molar-refractivity contribution in [1.82, 2.24) is 10.4 Å². The zero-order chi connectivity index (χ0) is 18.5. The third-order valence-electron chi connectivity index (χ3n) is 7.42. The summed E-state index contributed by atoms with van der Waals surface area (Å²) in [5.41, 5.74) is 12.5. The molecular formula is C21H31N3OS. The summed E-state index contributed by atoms with van der Waals surface area (Å²) in [6.07, 6.45) is 7.38. The summed E-state index contributed by atoms with van der Waals surface area (Å²) in [5, 5.41) is 2.78. The number of methoxy groups -OCH3 is 1. The molecule has 2 aliphatic carbocycles. The molecule has 2 saturated heterocycles. The van der Waals surface area contributed by atoms with E-state index in [1.165, 1.54) is 43.2 Å². The van der Waals surface area contributed by atoms with Crippen molar-refractivity contribution < 1.29 is 4.74 Å². The molecule has 142 valence electrons. The standard InChI is InChI=1S/C21H31N3OS/c1-4-5-17-18-8-6-14-12-15(25-3)7-9-16(14)21(18)11-10-20(17,2)13-24(21)23-19(22)26/h7,9,12,17-18H,4-6,8,10-11,13H2,1-3H3,(H3,22,23,26)/t17-,18-,20+,21-/m0/s1. The monoisotopic (exact) mass is 373 g/mol. The van der Waals surface area contributed by atoms with E-state index in [0.29, 0.717) is 16.4 Å². The molecule has 2 aliphatic heterocycles. The van der Waals surface area contributed by atoms with Gasteiger partial charge in [0.25, 0.3) is 0 Å². The molecule has 4 atom stereocenters. The van der Waals surface area contributed by atoms with Gasteiger partial charge in [-0.25, -0.2) is 5.01 Å². The van der Waals surface area contributed by atoms with Gasteiger partial charge in [-0.3, -0.25) is 5.43 Å². The fraction of sp³-hybridized carbons (Fsp3) is 0.667. The first kappa shape index (κ1) is 18.1. The number of thiocarbonyl (C=S) groups is 1. The van der Waals surface area contributed by atoms with E-state index in [4.69, 9.17) is 22.7 Å². The van der Waals surface area contributed by atoms with Gasteiger partial charge in [-0.2, -0.15) is 0 Å². The number of ether oxygens (including phenoxy) is 1. The Morgan fingerprint density at radius 1 is 1.42 bits per heavy atom. The Balaban J connectivity index is 1.85. The quantitative estimate of drug-likeness (QED) is 0.788. The van der Waals surface area contributed by atoms with E-state index in [1.807, 2.05) is 0 Å². The SMILES string of the molecule is CCC[C@H]1[C@@H]2CCc3cc(OC)ccc3[C@@]23CC[C@]1(C)CN3NC(N)=S. The van der Waals surface area contributed by atoms with Gasteiger partial charge in [0, 0.05) is 6.54 Å². The van der Waals surface area contributed by atoms with E-state index < -0.39 is 0 Å². The molecule has 26 heavy (non-hydrogen) atoms. The van der Waals surface area contributed by atoms with Gasteiger partial charge in [0.2, 0.25) is 0 Å². The Kier molecular flexibility index (Phi) is 4.43. The van der Waals surface area contributed by atoms with Crippen LogP contribution < -0.4 is 15.9 Å². The number of fused-ring (bicyclic) bond motifs is 3. The number of rotatable bonds is 4. The van der Waals surface area contributed by atoms with Crippen molar-refractivity contribution in [2.75, 3.05) is 13.7 Å². The first-order valence-electron chi connectivity index (χ1n) is 9.96. The Morgan fingerprint density at radius 3 is 2.92 bits per heavy atom. The number of hydrogen-bond donors (Lipinski definition) is 2. The van der Waals surface area contributed by atoms with Crippen LogP contribution in [0.3, 0.4) is 0 Å². The summed E-state index contributed by atoms with van der Waals surface area (Å²) >= 11 is 5.24. The van der Waals surface area contributed by atoms with Gasteiger partial charge in [0.15, 0.2) is 5.11 Å². The van der Waals surface area contributed by atoms with Crippen molar-refractivity contribution in [2.24, 2.45) is 23.0 Å². The lowest BCUT2D eigenvalue weighted by Crippen LogP contribution is -2.73. The van der Waals surface area contributed by atoms with Gasteiger partial charge >= 0.3 is 0 Å².